The van der Waals surface area contributed by atoms with Gasteiger partial charge in [0, 0.05) is 24.5 Å². The Hall–Kier alpha value is -3.13. The van der Waals surface area contributed by atoms with Crippen molar-refractivity contribution in [2.75, 3.05) is 24.2 Å². The minimum absolute atomic E-state index is 0.123. The third kappa shape index (κ3) is 4.96. The first-order valence-corrected chi connectivity index (χ1v) is 11.9. The molecule has 164 valence electrons. The van der Waals surface area contributed by atoms with Crippen molar-refractivity contribution in [3.8, 4) is 0 Å². The molecule has 7 nitrogen and oxygen atoms in total. The number of ether oxygens (including phenoxy) is 1. The number of esters is 1. The number of carbonyl (C=O) groups excluding carboxylic acids is 2. The summed E-state index contributed by atoms with van der Waals surface area (Å²) in [6, 6.07) is 14.5. The first-order valence-electron chi connectivity index (χ1n) is 10.0. The summed E-state index contributed by atoms with van der Waals surface area (Å²) in [4.78, 5) is 24.9. The van der Waals surface area contributed by atoms with Gasteiger partial charge in [-0.1, -0.05) is 37.3 Å². The lowest BCUT2D eigenvalue weighted by Crippen LogP contribution is -2.31. The van der Waals surface area contributed by atoms with Crippen LogP contribution in [0.4, 0.5) is 5.69 Å². The van der Waals surface area contributed by atoms with Crippen LogP contribution in [0.5, 0.6) is 0 Å². The first kappa shape index (κ1) is 22.6. The molecule has 0 radical (unpaired) electrons. The lowest BCUT2D eigenvalue weighted by molar-refractivity contribution is 0.0603. The number of methoxy groups -OCH3 is 1. The molecule has 0 spiro atoms. The maximum atomic E-state index is 12.9. The molecule has 8 heteroatoms. The van der Waals surface area contributed by atoms with Crippen LogP contribution in [-0.4, -0.2) is 44.8 Å². The lowest BCUT2D eigenvalue weighted by atomic mass is 10.1. The van der Waals surface area contributed by atoms with Crippen molar-refractivity contribution in [3.05, 3.63) is 65.9 Å². The number of nitrogens with zero attached hydrogens (tertiary/aromatic N) is 2. The first-order chi connectivity index (χ1) is 14.8. The summed E-state index contributed by atoms with van der Waals surface area (Å²) in [5, 5.41) is 0.636. The zero-order chi connectivity index (χ0) is 22.6. The molecule has 0 saturated heterocycles. The molecule has 3 aromatic rings. The number of fused-ring (bicyclic) bond motifs is 1. The average molecular weight is 443 g/mol. The lowest BCUT2D eigenvalue weighted by Gasteiger charge is -2.22. The number of hydrogen-bond donors (Lipinski definition) is 0. The fourth-order valence-corrected chi connectivity index (χ4v) is 4.50. The van der Waals surface area contributed by atoms with Gasteiger partial charge in [-0.05, 0) is 36.6 Å². The van der Waals surface area contributed by atoms with Gasteiger partial charge in [-0.15, -0.1) is 0 Å². The summed E-state index contributed by atoms with van der Waals surface area (Å²) in [5.41, 5.74) is 2.63. The Labute approximate surface area is 182 Å². The molecule has 0 bridgehead atoms. The second-order valence-electron chi connectivity index (χ2n) is 7.27. The van der Waals surface area contributed by atoms with Crippen molar-refractivity contribution < 1.29 is 22.7 Å². The highest BCUT2D eigenvalue weighted by atomic mass is 32.2. The number of carbonyl (C=O) groups is 2. The molecule has 3 rings (SSSR count). The second kappa shape index (κ2) is 9.34. The highest BCUT2D eigenvalue weighted by Gasteiger charge is 2.20. The third-order valence-electron chi connectivity index (χ3n) is 5.17. The molecule has 31 heavy (non-hydrogen) atoms. The molecule has 0 aliphatic rings. The van der Waals surface area contributed by atoms with Crippen LogP contribution in [0, 0.1) is 0 Å². The highest BCUT2D eigenvalue weighted by Crippen LogP contribution is 2.23. The number of aryl methyl sites for hydroxylation is 1. The number of aromatic nitrogens is 1. The molecule has 0 aliphatic carbocycles. The van der Waals surface area contributed by atoms with Crippen LogP contribution in [-0.2, 0) is 21.2 Å². The molecular formula is C23H26N2O5S. The number of benzene rings is 2. The quantitative estimate of drug-likeness (QED) is 0.494. The van der Waals surface area contributed by atoms with E-state index in [4.69, 9.17) is 4.74 Å². The molecule has 1 heterocycles. The van der Waals surface area contributed by atoms with E-state index in [0.29, 0.717) is 28.6 Å². The van der Waals surface area contributed by atoms with E-state index in [1.165, 1.54) is 22.2 Å². The van der Waals surface area contributed by atoms with E-state index < -0.39 is 16.0 Å². The van der Waals surface area contributed by atoms with Gasteiger partial charge in [-0.2, -0.15) is 0 Å². The van der Waals surface area contributed by atoms with Crippen LogP contribution in [0.3, 0.4) is 0 Å². The van der Waals surface area contributed by atoms with E-state index >= 15 is 0 Å². The summed E-state index contributed by atoms with van der Waals surface area (Å²) in [7, 11) is -2.20. The van der Waals surface area contributed by atoms with Gasteiger partial charge < -0.3 is 4.74 Å². The molecule has 0 saturated carbocycles. The summed E-state index contributed by atoms with van der Waals surface area (Å²) in [6.07, 6.45) is 3.97. The summed E-state index contributed by atoms with van der Waals surface area (Å²) in [5.74, 6) is -0.734. The van der Waals surface area contributed by atoms with Crippen molar-refractivity contribution in [3.63, 3.8) is 0 Å². The van der Waals surface area contributed by atoms with Crippen molar-refractivity contribution in [1.29, 1.82) is 0 Å². The van der Waals surface area contributed by atoms with Crippen LogP contribution in [0.15, 0.2) is 54.7 Å². The summed E-state index contributed by atoms with van der Waals surface area (Å²) in [6.45, 7) is 2.21. The Kier molecular flexibility index (Phi) is 6.80. The Morgan fingerprint density at radius 3 is 2.35 bits per heavy atom. The van der Waals surface area contributed by atoms with E-state index in [1.54, 1.807) is 36.4 Å². The molecule has 0 fully saturated rings. The van der Waals surface area contributed by atoms with Crippen LogP contribution in [0.25, 0.3) is 10.9 Å². The van der Waals surface area contributed by atoms with Gasteiger partial charge in [0.1, 0.15) is 0 Å². The van der Waals surface area contributed by atoms with Gasteiger partial charge in [0.05, 0.1) is 30.1 Å². The molecule has 1 aromatic heterocycles. The molecule has 2 aromatic carbocycles. The van der Waals surface area contributed by atoms with E-state index in [0.717, 1.165) is 18.2 Å². The minimum Gasteiger partial charge on any atom is -0.465 e. The maximum Gasteiger partial charge on any atom is 0.340 e. The predicted octanol–water partition coefficient (Wildman–Crippen LogP) is 3.88. The maximum absolute atomic E-state index is 12.9. The van der Waals surface area contributed by atoms with E-state index in [2.05, 4.69) is 0 Å². The molecule has 0 unspecified atom stereocenters. The fourth-order valence-electron chi connectivity index (χ4n) is 3.54. The van der Waals surface area contributed by atoms with Gasteiger partial charge in [0.2, 0.25) is 15.9 Å². The van der Waals surface area contributed by atoms with Crippen LogP contribution in [0.1, 0.15) is 40.5 Å². The molecular weight excluding hydrogens is 416 g/mol. The van der Waals surface area contributed by atoms with Crippen LogP contribution in [0.2, 0.25) is 0 Å². The predicted molar refractivity (Wildman–Crippen MR) is 121 cm³/mol. The second-order valence-corrected chi connectivity index (χ2v) is 9.18. The smallest absolute Gasteiger partial charge is 0.340 e. The number of sulfonamides is 1. The van der Waals surface area contributed by atoms with Gasteiger partial charge >= 0.3 is 5.97 Å². The number of hydrogen-bond acceptors (Lipinski definition) is 5. The van der Waals surface area contributed by atoms with E-state index in [-0.39, 0.29) is 18.9 Å². The van der Waals surface area contributed by atoms with E-state index in [9.17, 15) is 18.0 Å². The zero-order valence-electron chi connectivity index (χ0n) is 17.9. The highest BCUT2D eigenvalue weighted by molar-refractivity contribution is 7.92. The van der Waals surface area contributed by atoms with Gasteiger partial charge in [-0.3, -0.25) is 13.7 Å². The Morgan fingerprint density at radius 2 is 1.74 bits per heavy atom. The van der Waals surface area contributed by atoms with Gasteiger partial charge in [-0.25, -0.2) is 13.2 Å². The average Bonchev–Trinajstić information content (AvgIpc) is 3.15. The third-order valence-corrected chi connectivity index (χ3v) is 6.36. The zero-order valence-corrected chi connectivity index (χ0v) is 18.7. The summed E-state index contributed by atoms with van der Waals surface area (Å²) >= 11 is 0. The van der Waals surface area contributed by atoms with Crippen molar-refractivity contribution in [1.82, 2.24) is 4.57 Å². The monoisotopic (exact) mass is 442 g/mol. The topological polar surface area (TPSA) is 85.7 Å². The Morgan fingerprint density at radius 1 is 1.06 bits per heavy atom. The molecule has 0 aliphatic heterocycles. The normalized spacial score (nSPS) is 11.5. The van der Waals surface area contributed by atoms with Gasteiger partial charge in [0.25, 0.3) is 0 Å². The standard InChI is InChI=1S/C23H26N2O5S/c1-4-17-11-13-18(14-12-17)25(31(3,28)29)15-7-10-22(26)24-16-20(23(27)30-2)19-8-5-6-9-21(19)24/h5-6,8-9,11-14,16H,4,7,10,15H2,1-3H3. The number of para-hydroxylation sites is 1. The fraction of sp³-hybridized carbons (Fsp3) is 0.304. The van der Waals surface area contributed by atoms with Crippen molar-refractivity contribution in [2.24, 2.45) is 0 Å². The minimum atomic E-state index is -3.49. The van der Waals surface area contributed by atoms with Crippen molar-refractivity contribution >= 4 is 38.5 Å². The number of rotatable bonds is 8. The van der Waals surface area contributed by atoms with Crippen LogP contribution >= 0.6 is 0 Å². The SMILES string of the molecule is CCc1ccc(N(CCCC(=O)n2cc(C(=O)OC)c3ccccc32)S(C)(=O)=O)cc1. The van der Waals surface area contributed by atoms with Gasteiger partial charge in [0.15, 0.2) is 0 Å². The summed E-state index contributed by atoms with van der Waals surface area (Å²) < 4.78 is 32.2. The largest absolute Gasteiger partial charge is 0.465 e. The van der Waals surface area contributed by atoms with Crippen LogP contribution < -0.4 is 4.31 Å². The van der Waals surface area contributed by atoms with E-state index in [1.807, 2.05) is 19.1 Å². The molecule has 0 N–H and O–H groups in total. The van der Waals surface area contributed by atoms with Crippen molar-refractivity contribution in [2.45, 2.75) is 26.2 Å². The Bertz CT molecular complexity index is 1200. The molecule has 0 atom stereocenters. The number of anilines is 1. The molecule has 0 amide bonds. The Balaban J connectivity index is 1.77.